The second kappa shape index (κ2) is 6.98. The Hall–Kier alpha value is -2.18. The Bertz CT molecular complexity index is 730. The lowest BCUT2D eigenvalue weighted by Gasteiger charge is -2.24. The monoisotopic (exact) mass is 342 g/mol. The molecule has 6 heteroatoms. The third kappa shape index (κ3) is 4.90. The Morgan fingerprint density at radius 3 is 2.64 bits per heavy atom. The van der Waals surface area contributed by atoms with Crippen LogP contribution in [0.5, 0.6) is 0 Å². The summed E-state index contributed by atoms with van der Waals surface area (Å²) in [6.07, 6.45) is 2.32. The SMILES string of the molecule is CN(CC(=O)Nc1cc(C2CC2)nn1-c1ccccc1)CC(C)(C)O. The molecule has 3 rings (SSSR count). The number of anilines is 1. The molecular formula is C19H26N4O2. The van der Waals surface area contributed by atoms with E-state index in [9.17, 15) is 9.90 Å². The third-order valence-corrected chi connectivity index (χ3v) is 4.06. The maximum Gasteiger partial charge on any atom is 0.239 e. The maximum atomic E-state index is 12.4. The van der Waals surface area contributed by atoms with Crippen molar-refractivity contribution in [1.29, 1.82) is 0 Å². The summed E-state index contributed by atoms with van der Waals surface area (Å²) in [6, 6.07) is 11.8. The van der Waals surface area contributed by atoms with Crippen molar-refractivity contribution in [2.24, 2.45) is 0 Å². The number of amides is 1. The zero-order valence-corrected chi connectivity index (χ0v) is 15.1. The molecule has 0 atom stereocenters. The first-order chi connectivity index (χ1) is 11.8. The van der Waals surface area contributed by atoms with Crippen LogP contribution in [0.25, 0.3) is 5.69 Å². The second-order valence-corrected chi connectivity index (χ2v) is 7.51. The first kappa shape index (κ1) is 17.6. The highest BCUT2D eigenvalue weighted by molar-refractivity contribution is 5.91. The van der Waals surface area contributed by atoms with Crippen molar-refractivity contribution in [3.05, 3.63) is 42.1 Å². The van der Waals surface area contributed by atoms with Gasteiger partial charge in [-0.3, -0.25) is 9.69 Å². The largest absolute Gasteiger partial charge is 0.389 e. The van der Waals surface area contributed by atoms with Gasteiger partial charge in [-0.25, -0.2) is 4.68 Å². The Morgan fingerprint density at radius 2 is 2.04 bits per heavy atom. The van der Waals surface area contributed by atoms with Gasteiger partial charge in [-0.2, -0.15) is 5.10 Å². The summed E-state index contributed by atoms with van der Waals surface area (Å²) in [5, 5.41) is 17.5. The minimum atomic E-state index is -0.833. The van der Waals surface area contributed by atoms with E-state index >= 15 is 0 Å². The van der Waals surface area contributed by atoms with E-state index < -0.39 is 5.60 Å². The van der Waals surface area contributed by atoms with Crippen LogP contribution in [0.15, 0.2) is 36.4 Å². The minimum Gasteiger partial charge on any atom is -0.389 e. The van der Waals surface area contributed by atoms with Gasteiger partial charge in [-0.05, 0) is 45.9 Å². The summed E-state index contributed by atoms with van der Waals surface area (Å²) >= 11 is 0. The van der Waals surface area contributed by atoms with Gasteiger partial charge in [-0.1, -0.05) is 18.2 Å². The molecule has 0 bridgehead atoms. The van der Waals surface area contributed by atoms with Gasteiger partial charge in [0.1, 0.15) is 5.82 Å². The van der Waals surface area contributed by atoms with Crippen molar-refractivity contribution < 1.29 is 9.90 Å². The van der Waals surface area contributed by atoms with Crippen LogP contribution in [0.4, 0.5) is 5.82 Å². The average molecular weight is 342 g/mol. The summed E-state index contributed by atoms with van der Waals surface area (Å²) in [4.78, 5) is 14.2. The highest BCUT2D eigenvalue weighted by atomic mass is 16.3. The molecule has 1 aromatic carbocycles. The highest BCUT2D eigenvalue weighted by Crippen LogP contribution is 2.40. The van der Waals surface area contributed by atoms with Crippen molar-refractivity contribution in [3.8, 4) is 5.69 Å². The highest BCUT2D eigenvalue weighted by Gasteiger charge is 2.28. The zero-order chi connectivity index (χ0) is 18.0. The maximum absolute atomic E-state index is 12.4. The first-order valence-corrected chi connectivity index (χ1v) is 8.68. The third-order valence-electron chi connectivity index (χ3n) is 4.06. The Morgan fingerprint density at radius 1 is 1.36 bits per heavy atom. The second-order valence-electron chi connectivity index (χ2n) is 7.51. The summed E-state index contributed by atoms with van der Waals surface area (Å²) in [7, 11) is 1.82. The number of hydrogen-bond donors (Lipinski definition) is 2. The number of aromatic nitrogens is 2. The topological polar surface area (TPSA) is 70.4 Å². The zero-order valence-electron chi connectivity index (χ0n) is 15.1. The Balaban J connectivity index is 1.74. The van der Waals surface area contributed by atoms with Crippen LogP contribution in [0.2, 0.25) is 0 Å². The van der Waals surface area contributed by atoms with Crippen LogP contribution in [0, 0.1) is 0 Å². The molecule has 0 spiro atoms. The molecule has 0 saturated heterocycles. The van der Waals surface area contributed by atoms with E-state index in [0.717, 1.165) is 24.2 Å². The van der Waals surface area contributed by atoms with Crippen molar-refractivity contribution >= 4 is 11.7 Å². The van der Waals surface area contributed by atoms with Crippen LogP contribution in [-0.2, 0) is 4.79 Å². The van der Waals surface area contributed by atoms with Gasteiger partial charge < -0.3 is 10.4 Å². The van der Waals surface area contributed by atoms with Gasteiger partial charge in [0.25, 0.3) is 0 Å². The molecule has 1 aliphatic carbocycles. The number of likely N-dealkylation sites (N-methyl/N-ethyl adjacent to an activating group) is 1. The van der Waals surface area contributed by atoms with Gasteiger partial charge >= 0.3 is 0 Å². The van der Waals surface area contributed by atoms with Crippen molar-refractivity contribution in [2.45, 2.75) is 38.2 Å². The minimum absolute atomic E-state index is 0.119. The number of carbonyl (C=O) groups excluding carboxylic acids is 1. The van der Waals surface area contributed by atoms with Gasteiger partial charge in [-0.15, -0.1) is 0 Å². The van der Waals surface area contributed by atoms with E-state index in [4.69, 9.17) is 0 Å². The molecule has 25 heavy (non-hydrogen) atoms. The molecular weight excluding hydrogens is 316 g/mol. The normalized spacial score (nSPS) is 14.8. The molecule has 0 unspecified atom stereocenters. The molecule has 6 nitrogen and oxygen atoms in total. The lowest BCUT2D eigenvalue weighted by atomic mass is 10.1. The Kier molecular flexibility index (Phi) is 4.92. The number of aliphatic hydroxyl groups is 1. The fourth-order valence-electron chi connectivity index (χ4n) is 2.98. The number of para-hydroxylation sites is 1. The molecule has 0 radical (unpaired) electrons. The van der Waals surface area contributed by atoms with Crippen LogP contribution < -0.4 is 5.32 Å². The summed E-state index contributed by atoms with van der Waals surface area (Å²) in [5.74, 6) is 1.08. The number of carbonyl (C=O) groups is 1. The Labute approximate surface area is 148 Å². The van der Waals surface area contributed by atoms with Gasteiger partial charge in [0.15, 0.2) is 0 Å². The number of nitrogens with one attached hydrogen (secondary N) is 1. The molecule has 2 N–H and O–H groups in total. The standard InChI is InChI=1S/C19H26N4O2/c1-19(2,25)13-22(3)12-18(24)20-17-11-16(14-9-10-14)21-23(17)15-7-5-4-6-8-15/h4-8,11,14,25H,9-10,12-13H2,1-3H3,(H,20,24). The predicted octanol–water partition coefficient (Wildman–Crippen LogP) is 2.39. The first-order valence-electron chi connectivity index (χ1n) is 8.68. The molecule has 1 aliphatic rings. The van der Waals surface area contributed by atoms with E-state index in [2.05, 4.69) is 10.4 Å². The fourth-order valence-corrected chi connectivity index (χ4v) is 2.98. The van der Waals surface area contributed by atoms with Crippen molar-refractivity contribution in [1.82, 2.24) is 14.7 Å². The number of hydrogen-bond acceptors (Lipinski definition) is 4. The lowest BCUT2D eigenvalue weighted by Crippen LogP contribution is -2.40. The van der Waals surface area contributed by atoms with Crippen molar-refractivity contribution in [2.75, 3.05) is 25.5 Å². The van der Waals surface area contributed by atoms with E-state index in [-0.39, 0.29) is 12.5 Å². The van der Waals surface area contributed by atoms with Crippen LogP contribution in [-0.4, -0.2) is 51.4 Å². The van der Waals surface area contributed by atoms with E-state index in [1.54, 1.807) is 23.4 Å². The smallest absolute Gasteiger partial charge is 0.239 e. The number of benzene rings is 1. The number of rotatable bonds is 7. The van der Waals surface area contributed by atoms with Crippen LogP contribution >= 0.6 is 0 Å². The van der Waals surface area contributed by atoms with Crippen LogP contribution in [0.1, 0.15) is 38.3 Å². The van der Waals surface area contributed by atoms with Gasteiger partial charge in [0.05, 0.1) is 23.5 Å². The van der Waals surface area contributed by atoms with Gasteiger partial charge in [0.2, 0.25) is 5.91 Å². The van der Waals surface area contributed by atoms with Crippen LogP contribution in [0.3, 0.4) is 0 Å². The van der Waals surface area contributed by atoms with E-state index in [0.29, 0.717) is 18.3 Å². The summed E-state index contributed by atoms with van der Waals surface area (Å²) in [5.41, 5.74) is 1.12. The average Bonchev–Trinajstić information content (AvgIpc) is 3.28. The molecule has 1 aromatic heterocycles. The lowest BCUT2D eigenvalue weighted by molar-refractivity contribution is -0.117. The number of nitrogens with zero attached hydrogens (tertiary/aromatic N) is 3. The van der Waals surface area contributed by atoms with E-state index in [1.807, 2.05) is 43.4 Å². The molecule has 1 saturated carbocycles. The van der Waals surface area contributed by atoms with E-state index in [1.165, 1.54) is 0 Å². The summed E-state index contributed by atoms with van der Waals surface area (Å²) in [6.45, 7) is 4.09. The molecule has 2 aromatic rings. The molecule has 0 aliphatic heterocycles. The molecule has 134 valence electrons. The van der Waals surface area contributed by atoms with Crippen molar-refractivity contribution in [3.63, 3.8) is 0 Å². The quantitative estimate of drug-likeness (QED) is 0.810. The molecule has 1 amide bonds. The molecule has 1 heterocycles. The fraction of sp³-hybridized carbons (Fsp3) is 0.474. The summed E-state index contributed by atoms with van der Waals surface area (Å²) < 4.78 is 1.79. The molecule has 1 fully saturated rings. The van der Waals surface area contributed by atoms with Gasteiger partial charge in [0, 0.05) is 18.5 Å². The predicted molar refractivity (Wildman–Crippen MR) is 98.0 cm³/mol.